The van der Waals surface area contributed by atoms with E-state index in [-0.39, 0.29) is 44.6 Å². The zero-order valence-corrected chi connectivity index (χ0v) is 27.6. The molecule has 0 radical (unpaired) electrons. The van der Waals surface area contributed by atoms with Crippen LogP contribution in [0.15, 0.2) is 12.7 Å². The first-order valence-electron chi connectivity index (χ1n) is 13.3. The summed E-state index contributed by atoms with van der Waals surface area (Å²) < 4.78 is 76.8. The average molecular weight is 782 g/mol. The van der Waals surface area contributed by atoms with Crippen LogP contribution in [0.1, 0.15) is 12.5 Å². The normalized spacial score (nSPS) is 27.5. The number of ether oxygens (including phenoxy) is 3. The van der Waals surface area contributed by atoms with Crippen LogP contribution in [0, 0.1) is 0 Å². The highest BCUT2D eigenvalue weighted by Crippen LogP contribution is 2.41. The Morgan fingerprint density at radius 1 is 0.816 bits per heavy atom. The number of fused-ring (bicyclic) bond motifs is 2. The molecule has 49 heavy (non-hydrogen) atoms. The van der Waals surface area contributed by atoms with Gasteiger partial charge in [0.25, 0.3) is 0 Å². The van der Waals surface area contributed by atoms with Gasteiger partial charge in [0.2, 0.25) is 16.4 Å². The average Bonchev–Trinajstić information content (AvgIpc) is 3.76. The zero-order valence-electron chi connectivity index (χ0n) is 24.3. The Hall–Kier alpha value is -2.80. The molecule has 6 rings (SSSR count). The molecule has 0 bridgehead atoms. The van der Waals surface area contributed by atoms with Gasteiger partial charge in [-0.3, -0.25) is 18.2 Å². The van der Waals surface area contributed by atoms with E-state index in [1.165, 1.54) is 24.3 Å². The molecule has 28 heteroatoms. The predicted octanol–water partition coefficient (Wildman–Crippen LogP) is -0.0384. The second kappa shape index (κ2) is 14.4. The Kier molecular flexibility index (Phi) is 11.0. The molecule has 2 fully saturated rings. The van der Waals surface area contributed by atoms with Crippen LogP contribution in [0.3, 0.4) is 0 Å². The molecular formula is C21H25Cl2F2N9O13P2. The monoisotopic (exact) mass is 781 g/mol. The van der Waals surface area contributed by atoms with Gasteiger partial charge in [-0.05, 0) is 23.2 Å². The fourth-order valence-electron chi connectivity index (χ4n) is 4.76. The number of anilines is 1. The van der Waals surface area contributed by atoms with E-state index < -0.39 is 78.1 Å². The number of hydrogen-bond donors (Lipinski definition) is 7. The molecule has 2 unspecified atom stereocenters. The van der Waals surface area contributed by atoms with Gasteiger partial charge in [0.05, 0.1) is 33.0 Å². The van der Waals surface area contributed by atoms with Crippen molar-refractivity contribution in [2.75, 3.05) is 26.1 Å². The molecule has 2 aliphatic heterocycles. The lowest BCUT2D eigenvalue weighted by Crippen LogP contribution is -2.31. The number of phosphoric ester groups is 2. The molecule has 6 heterocycles. The van der Waals surface area contributed by atoms with Crippen molar-refractivity contribution >= 4 is 67.0 Å². The van der Waals surface area contributed by atoms with E-state index in [9.17, 15) is 28.1 Å². The summed E-state index contributed by atoms with van der Waals surface area (Å²) in [6, 6.07) is 0. The summed E-state index contributed by atoms with van der Waals surface area (Å²) in [5.74, 6) is 0.0585. The quantitative estimate of drug-likeness (QED) is 0.0865. The summed E-state index contributed by atoms with van der Waals surface area (Å²) in [7, 11) is -8.22. The molecule has 8 N–H and O–H groups in total. The molecule has 4 aromatic heterocycles. The highest BCUT2D eigenvalue weighted by molar-refractivity contribution is 7.46. The van der Waals surface area contributed by atoms with Crippen molar-refractivity contribution in [3.8, 4) is 5.88 Å². The van der Waals surface area contributed by atoms with Crippen LogP contribution in [0.2, 0.25) is 10.6 Å². The summed E-state index contributed by atoms with van der Waals surface area (Å²) in [6.45, 7) is -1.40. The van der Waals surface area contributed by atoms with Crippen molar-refractivity contribution in [1.82, 2.24) is 39.0 Å². The Balaban J connectivity index is 0.000000191. The third-order valence-electron chi connectivity index (χ3n) is 6.93. The molecule has 2 aliphatic rings. The minimum absolute atomic E-state index is 0.0147. The first-order valence-corrected chi connectivity index (χ1v) is 17.1. The number of phosphoric acid groups is 2. The van der Waals surface area contributed by atoms with E-state index in [1.54, 1.807) is 0 Å². The molecular weight excluding hydrogens is 757 g/mol. The van der Waals surface area contributed by atoms with Gasteiger partial charge in [-0.25, -0.2) is 27.9 Å². The van der Waals surface area contributed by atoms with E-state index in [0.29, 0.717) is 0 Å². The Labute approximate surface area is 281 Å². The van der Waals surface area contributed by atoms with Crippen molar-refractivity contribution in [2.24, 2.45) is 0 Å². The van der Waals surface area contributed by atoms with E-state index in [2.05, 4.69) is 39.0 Å². The van der Waals surface area contributed by atoms with Crippen LogP contribution >= 0.6 is 38.8 Å². The number of imidazole rings is 2. The number of methoxy groups -OCH3 is 1. The minimum atomic E-state index is -4.79. The number of aliphatic hydroxyl groups excluding tert-OH is 2. The number of nitrogens with zero attached hydrogens (tertiary/aromatic N) is 8. The largest absolute Gasteiger partial charge is 0.479 e. The third kappa shape index (κ3) is 8.24. The van der Waals surface area contributed by atoms with Gasteiger partial charge in [0.1, 0.15) is 29.9 Å². The van der Waals surface area contributed by atoms with Crippen molar-refractivity contribution in [3.63, 3.8) is 0 Å². The molecule has 0 saturated carbocycles. The van der Waals surface area contributed by atoms with Gasteiger partial charge < -0.3 is 49.7 Å². The molecule has 270 valence electrons. The second-order valence-electron chi connectivity index (χ2n) is 10.1. The van der Waals surface area contributed by atoms with E-state index in [1.807, 2.05) is 0 Å². The number of hydrogen-bond acceptors (Lipinski definition) is 16. The predicted molar refractivity (Wildman–Crippen MR) is 157 cm³/mol. The second-order valence-corrected chi connectivity index (χ2v) is 13.3. The lowest BCUT2D eigenvalue weighted by molar-refractivity contribution is -0.0451. The molecule has 2 saturated heterocycles. The lowest BCUT2D eigenvalue weighted by atomic mass is 10.1. The van der Waals surface area contributed by atoms with Crippen LogP contribution < -0.4 is 10.5 Å². The molecule has 0 spiro atoms. The van der Waals surface area contributed by atoms with E-state index in [0.717, 1.165) is 4.57 Å². The summed E-state index contributed by atoms with van der Waals surface area (Å²) in [5.41, 5.74) is 6.21. The Morgan fingerprint density at radius 3 is 1.69 bits per heavy atom. The molecule has 0 aliphatic carbocycles. The van der Waals surface area contributed by atoms with E-state index in [4.69, 9.17) is 62.7 Å². The maximum atomic E-state index is 14.4. The van der Waals surface area contributed by atoms with Crippen molar-refractivity contribution < 1.29 is 71.0 Å². The lowest BCUT2D eigenvalue weighted by Gasteiger charge is -2.15. The number of aromatic nitrogens is 8. The van der Waals surface area contributed by atoms with Gasteiger partial charge in [0.15, 0.2) is 47.4 Å². The molecule has 22 nitrogen and oxygen atoms in total. The van der Waals surface area contributed by atoms with Crippen molar-refractivity contribution in [1.29, 1.82) is 0 Å². The smallest absolute Gasteiger partial charge is 0.469 e. The van der Waals surface area contributed by atoms with E-state index >= 15 is 0 Å². The number of rotatable bonds is 9. The Morgan fingerprint density at radius 2 is 1.24 bits per heavy atom. The number of aliphatic hydroxyl groups is 2. The fourth-order valence-corrected chi connectivity index (χ4v) is 5.77. The standard InChI is InChI=1S/C11H13ClFN4O7P.C10H12ClFN5O6P/c1-22-9-6-8(15-11(12)16-9)17(3-14-6)10-5(13)7(18)4(24-10)2-23-25(19,20)21;11-10-15-7(13)5-8(16-10)17(2-14-5)9-4(12)6(18)3(23-9)1-22-24(19,20)21/h3-5,7,10,18H,2H2,1H3,(H2,19,20,21);2-4,6,9,18H,1H2,(H2,13,15,16)(H2,19,20,21)/t4-,5-,7?,10-;3-,4-,6?,9-/m11/s1. The minimum Gasteiger partial charge on any atom is -0.479 e. The summed E-state index contributed by atoms with van der Waals surface area (Å²) in [6.07, 6.45) is -10.1. The number of alkyl halides is 2. The van der Waals surface area contributed by atoms with Gasteiger partial charge in [-0.15, -0.1) is 0 Å². The van der Waals surface area contributed by atoms with Gasteiger partial charge in [-0.1, -0.05) is 0 Å². The van der Waals surface area contributed by atoms with Crippen molar-refractivity contribution in [3.05, 3.63) is 23.2 Å². The first kappa shape index (κ1) is 37.5. The maximum Gasteiger partial charge on any atom is 0.469 e. The van der Waals surface area contributed by atoms with Gasteiger partial charge in [0, 0.05) is 0 Å². The number of halogens is 4. The molecule has 4 aromatic rings. The molecule has 0 aromatic carbocycles. The van der Waals surface area contributed by atoms with Crippen LogP contribution in [0.25, 0.3) is 22.3 Å². The summed E-state index contributed by atoms with van der Waals surface area (Å²) in [5, 5.41) is 19.4. The highest BCUT2D eigenvalue weighted by Gasteiger charge is 2.48. The topological polar surface area (TPSA) is 315 Å². The first-order chi connectivity index (χ1) is 22.9. The van der Waals surface area contributed by atoms with Crippen molar-refractivity contribution in [2.45, 2.75) is 49.2 Å². The number of nitrogens with two attached hydrogens (primary N) is 1. The zero-order chi connectivity index (χ0) is 36.0. The fraction of sp³-hybridized carbons (Fsp3) is 0.524. The van der Waals surface area contributed by atoms with Crippen LogP contribution in [-0.2, 0) is 27.7 Å². The summed E-state index contributed by atoms with van der Waals surface area (Å²) >= 11 is 11.5. The third-order valence-corrected chi connectivity index (χ3v) is 8.24. The Bertz CT molecular complexity index is 1920. The maximum absolute atomic E-state index is 14.4. The SMILES string of the molecule is COc1nc(Cl)nc2c1ncn2[C@@H]1O[C@H](COP(=O)(O)O)C(O)[C@H]1F.Nc1nc(Cl)nc2c1ncn2[C@@H]1O[C@H](COP(=O)(O)O)C(O)[C@H]1F. The van der Waals surface area contributed by atoms with Crippen LogP contribution in [0.5, 0.6) is 5.88 Å². The number of nitrogen functional groups attached to an aromatic ring is 1. The van der Waals surface area contributed by atoms with Gasteiger partial charge in [-0.2, -0.15) is 19.9 Å². The van der Waals surface area contributed by atoms with Gasteiger partial charge >= 0.3 is 15.6 Å². The van der Waals surface area contributed by atoms with Crippen LogP contribution in [-0.4, -0.2) is 126 Å². The molecule has 8 atom stereocenters. The molecule has 0 amide bonds. The highest BCUT2D eigenvalue weighted by atomic mass is 35.5. The summed E-state index contributed by atoms with van der Waals surface area (Å²) in [4.78, 5) is 58.1. The van der Waals surface area contributed by atoms with Crippen LogP contribution in [0.4, 0.5) is 14.6 Å².